The highest BCUT2D eigenvalue weighted by Gasteiger charge is 2.19. The number of carbonyl (C=O) groups excluding carboxylic acids is 3. The number of esters is 3. The summed E-state index contributed by atoms with van der Waals surface area (Å²) in [5.41, 5.74) is 0. The molecule has 0 heterocycles. The zero-order chi connectivity index (χ0) is 48.6. The number of unbranched alkanes of at least 4 members (excludes halogenated alkanes) is 40. The van der Waals surface area contributed by atoms with Crippen LogP contribution in [-0.2, 0) is 28.6 Å². The molecule has 6 heteroatoms. The third kappa shape index (κ3) is 54.7. The Hall–Kier alpha value is -2.11. The molecule has 1 atom stereocenters. The van der Waals surface area contributed by atoms with Crippen molar-refractivity contribution in [3.05, 3.63) is 24.3 Å². The summed E-state index contributed by atoms with van der Waals surface area (Å²) in [5.74, 6) is -0.854. The number of rotatable bonds is 55. The normalized spacial score (nSPS) is 12.1. The van der Waals surface area contributed by atoms with E-state index in [0.29, 0.717) is 19.3 Å². The number of hydrogen-bond acceptors (Lipinski definition) is 6. The van der Waals surface area contributed by atoms with E-state index in [4.69, 9.17) is 14.2 Å². The Morgan fingerprint density at radius 2 is 0.493 bits per heavy atom. The van der Waals surface area contributed by atoms with Crippen LogP contribution in [-0.4, -0.2) is 37.2 Å². The van der Waals surface area contributed by atoms with Gasteiger partial charge in [0.1, 0.15) is 13.2 Å². The van der Waals surface area contributed by atoms with E-state index in [1.54, 1.807) is 0 Å². The Kier molecular flexibility index (Phi) is 54.7. The van der Waals surface area contributed by atoms with Gasteiger partial charge in [0.05, 0.1) is 0 Å². The van der Waals surface area contributed by atoms with Crippen LogP contribution in [0.25, 0.3) is 0 Å². The first-order valence-electron chi connectivity index (χ1n) is 29.8. The monoisotopic (exact) mass is 943 g/mol. The van der Waals surface area contributed by atoms with Crippen molar-refractivity contribution in [2.75, 3.05) is 13.2 Å². The molecule has 0 saturated heterocycles. The van der Waals surface area contributed by atoms with E-state index < -0.39 is 6.10 Å². The standard InChI is InChI=1S/C61H114O6/c1-4-7-10-13-16-19-22-25-27-29-30-32-33-36-39-42-45-48-51-54-60(63)66-57-58(56-65-59(62)53-50-47-44-41-38-35-24-21-18-15-12-9-6-3)67-61(64)55-52-49-46-43-40-37-34-31-28-26-23-20-17-14-11-8-5-2/h25-28,58H,4-24,29-57H2,1-3H3/b27-25-,28-26-/t58-/m0/s1. The smallest absolute Gasteiger partial charge is 0.306 e. The van der Waals surface area contributed by atoms with Gasteiger partial charge in [-0.05, 0) is 70.6 Å². The predicted octanol–water partition coefficient (Wildman–Crippen LogP) is 19.9. The molecule has 0 rings (SSSR count). The van der Waals surface area contributed by atoms with Crippen LogP contribution in [0.5, 0.6) is 0 Å². The Morgan fingerprint density at radius 3 is 0.746 bits per heavy atom. The summed E-state index contributed by atoms with van der Waals surface area (Å²) in [5, 5.41) is 0. The van der Waals surface area contributed by atoms with Crippen LogP contribution < -0.4 is 0 Å². The predicted molar refractivity (Wildman–Crippen MR) is 289 cm³/mol. The zero-order valence-electron chi connectivity index (χ0n) is 45.2. The van der Waals surface area contributed by atoms with Crippen LogP contribution in [0, 0.1) is 0 Å². The molecule has 0 spiro atoms. The molecule has 6 nitrogen and oxygen atoms in total. The Labute approximate surface area is 417 Å². The highest BCUT2D eigenvalue weighted by Crippen LogP contribution is 2.17. The molecule has 0 amide bonds. The van der Waals surface area contributed by atoms with Crippen LogP contribution >= 0.6 is 0 Å². The molecule has 0 aromatic rings. The van der Waals surface area contributed by atoms with Gasteiger partial charge in [-0.1, -0.05) is 263 Å². The first-order valence-corrected chi connectivity index (χ1v) is 29.8. The van der Waals surface area contributed by atoms with Gasteiger partial charge < -0.3 is 14.2 Å². The van der Waals surface area contributed by atoms with Crippen molar-refractivity contribution in [3.63, 3.8) is 0 Å². The summed E-state index contributed by atoms with van der Waals surface area (Å²) in [6.45, 7) is 6.68. The van der Waals surface area contributed by atoms with Crippen LogP contribution in [0.1, 0.15) is 329 Å². The molecule has 0 fully saturated rings. The molecule has 0 unspecified atom stereocenters. The van der Waals surface area contributed by atoms with E-state index in [2.05, 4.69) is 45.1 Å². The summed E-state index contributed by atoms with van der Waals surface area (Å²) >= 11 is 0. The molecule has 0 aliphatic heterocycles. The van der Waals surface area contributed by atoms with Crippen molar-refractivity contribution >= 4 is 17.9 Å². The van der Waals surface area contributed by atoms with Gasteiger partial charge in [-0.15, -0.1) is 0 Å². The van der Waals surface area contributed by atoms with Gasteiger partial charge in [0, 0.05) is 19.3 Å². The fourth-order valence-corrected chi connectivity index (χ4v) is 8.91. The van der Waals surface area contributed by atoms with Crippen molar-refractivity contribution in [1.29, 1.82) is 0 Å². The van der Waals surface area contributed by atoms with Gasteiger partial charge in [-0.2, -0.15) is 0 Å². The maximum absolute atomic E-state index is 12.9. The summed E-state index contributed by atoms with van der Waals surface area (Å²) in [4.78, 5) is 38.2. The SMILES string of the molecule is CCCCCCCC/C=C\CCCCCCCCCCCC(=O)OC[C@H](COC(=O)CCCCCCCCCCCCCCC)OC(=O)CCCCCCCCC/C=C\CCCCCCCC. The van der Waals surface area contributed by atoms with E-state index >= 15 is 0 Å². The molecule has 0 aliphatic rings. The van der Waals surface area contributed by atoms with E-state index in [1.165, 1.54) is 231 Å². The van der Waals surface area contributed by atoms with Crippen LogP contribution in [0.15, 0.2) is 24.3 Å². The third-order valence-electron chi connectivity index (χ3n) is 13.4. The average Bonchev–Trinajstić information content (AvgIpc) is 3.33. The molecule has 0 aromatic heterocycles. The quantitative estimate of drug-likeness (QED) is 0.0262. The maximum atomic E-state index is 12.9. The topological polar surface area (TPSA) is 78.9 Å². The van der Waals surface area contributed by atoms with Gasteiger partial charge in [0.15, 0.2) is 6.10 Å². The average molecular weight is 944 g/mol. The number of carbonyl (C=O) groups is 3. The third-order valence-corrected chi connectivity index (χ3v) is 13.4. The fourth-order valence-electron chi connectivity index (χ4n) is 8.91. The van der Waals surface area contributed by atoms with Crippen molar-refractivity contribution in [2.24, 2.45) is 0 Å². The highest BCUT2D eigenvalue weighted by atomic mass is 16.6. The van der Waals surface area contributed by atoms with Crippen molar-refractivity contribution in [3.8, 4) is 0 Å². The second-order valence-electron chi connectivity index (χ2n) is 20.3. The van der Waals surface area contributed by atoms with Gasteiger partial charge in [-0.3, -0.25) is 14.4 Å². The molecular weight excluding hydrogens is 829 g/mol. The molecule has 394 valence electrons. The highest BCUT2D eigenvalue weighted by molar-refractivity contribution is 5.71. The lowest BCUT2D eigenvalue weighted by atomic mass is 10.0. The van der Waals surface area contributed by atoms with E-state index in [-0.39, 0.29) is 31.1 Å². The van der Waals surface area contributed by atoms with E-state index in [1.807, 2.05) is 0 Å². The number of ether oxygens (including phenoxy) is 3. The molecule has 67 heavy (non-hydrogen) atoms. The van der Waals surface area contributed by atoms with Crippen molar-refractivity contribution in [1.82, 2.24) is 0 Å². The fraction of sp³-hybridized carbons (Fsp3) is 0.885. The van der Waals surface area contributed by atoms with Crippen LogP contribution in [0.3, 0.4) is 0 Å². The van der Waals surface area contributed by atoms with Crippen molar-refractivity contribution in [2.45, 2.75) is 335 Å². The number of allylic oxidation sites excluding steroid dienone is 4. The van der Waals surface area contributed by atoms with Crippen molar-refractivity contribution < 1.29 is 28.6 Å². The Bertz CT molecular complexity index is 1080. The van der Waals surface area contributed by atoms with E-state index in [9.17, 15) is 14.4 Å². The maximum Gasteiger partial charge on any atom is 0.306 e. The van der Waals surface area contributed by atoms with Gasteiger partial charge in [-0.25, -0.2) is 0 Å². The zero-order valence-corrected chi connectivity index (χ0v) is 45.2. The Morgan fingerprint density at radius 1 is 0.284 bits per heavy atom. The first kappa shape index (κ1) is 64.9. The molecule has 0 N–H and O–H groups in total. The van der Waals surface area contributed by atoms with Crippen LogP contribution in [0.4, 0.5) is 0 Å². The lowest BCUT2D eigenvalue weighted by Crippen LogP contribution is -2.30. The molecule has 0 saturated carbocycles. The molecule has 0 bridgehead atoms. The minimum atomic E-state index is -0.770. The largest absolute Gasteiger partial charge is 0.462 e. The molecule has 0 radical (unpaired) electrons. The minimum absolute atomic E-state index is 0.0690. The summed E-state index contributed by atoms with van der Waals surface area (Å²) in [7, 11) is 0. The molecule has 0 aliphatic carbocycles. The lowest BCUT2D eigenvalue weighted by Gasteiger charge is -2.18. The second-order valence-corrected chi connectivity index (χ2v) is 20.3. The lowest BCUT2D eigenvalue weighted by molar-refractivity contribution is -0.167. The summed E-state index contributed by atoms with van der Waals surface area (Å²) in [6.07, 6.45) is 65.9. The second kappa shape index (κ2) is 56.5. The summed E-state index contributed by atoms with van der Waals surface area (Å²) in [6, 6.07) is 0. The molecular formula is C61H114O6. The number of hydrogen-bond donors (Lipinski definition) is 0. The Balaban J connectivity index is 4.31. The first-order chi connectivity index (χ1) is 33.0. The molecule has 0 aromatic carbocycles. The minimum Gasteiger partial charge on any atom is -0.462 e. The van der Waals surface area contributed by atoms with E-state index in [0.717, 1.165) is 57.8 Å². The summed E-state index contributed by atoms with van der Waals surface area (Å²) < 4.78 is 16.9. The van der Waals surface area contributed by atoms with Gasteiger partial charge in [0.25, 0.3) is 0 Å². The van der Waals surface area contributed by atoms with Crippen LogP contribution in [0.2, 0.25) is 0 Å². The van der Waals surface area contributed by atoms with Gasteiger partial charge >= 0.3 is 17.9 Å². The van der Waals surface area contributed by atoms with Gasteiger partial charge in [0.2, 0.25) is 0 Å².